The molecule has 39 heavy (non-hydrogen) atoms. The quantitative estimate of drug-likeness (QED) is 0.239. The zero-order valence-electron chi connectivity index (χ0n) is 20.5. The minimum absolute atomic E-state index is 0.00830. The third-order valence-corrected chi connectivity index (χ3v) is 7.36. The number of benzene rings is 2. The first-order valence-corrected chi connectivity index (χ1v) is 13.3. The van der Waals surface area contributed by atoms with Gasteiger partial charge in [0.15, 0.2) is 5.78 Å². The van der Waals surface area contributed by atoms with Gasteiger partial charge in [0.25, 0.3) is 5.56 Å². The van der Waals surface area contributed by atoms with E-state index in [-0.39, 0.29) is 17.9 Å². The molecule has 1 N–H and O–H groups in total. The van der Waals surface area contributed by atoms with E-state index in [9.17, 15) is 9.59 Å². The van der Waals surface area contributed by atoms with Crippen LogP contribution in [0.3, 0.4) is 0 Å². The van der Waals surface area contributed by atoms with Gasteiger partial charge in [0, 0.05) is 31.2 Å². The number of aromatic amines is 1. The van der Waals surface area contributed by atoms with Crippen molar-refractivity contribution < 1.29 is 9.53 Å². The van der Waals surface area contributed by atoms with Crippen LogP contribution in [0.25, 0.3) is 22.4 Å². The number of imidazole rings is 1. The Bertz CT molecular complexity index is 1820. The zero-order chi connectivity index (χ0) is 26.8. The van der Waals surface area contributed by atoms with Crippen LogP contribution < -0.4 is 10.3 Å². The number of nitrogens with zero attached hydrogens (tertiary/aromatic N) is 5. The molecule has 0 spiro atoms. The predicted molar refractivity (Wildman–Crippen MR) is 149 cm³/mol. The molecule has 0 aliphatic heterocycles. The summed E-state index contributed by atoms with van der Waals surface area (Å²) in [4.78, 5) is 33.4. The molecule has 0 aliphatic rings. The van der Waals surface area contributed by atoms with E-state index in [0.29, 0.717) is 50.7 Å². The number of ether oxygens (including phenoxy) is 1. The number of aryl methyl sites for hydroxylation is 1. The molecule has 2 aromatic carbocycles. The van der Waals surface area contributed by atoms with Gasteiger partial charge in [-0.3, -0.25) is 14.2 Å². The number of nitrogens with one attached hydrogen (secondary N) is 1. The minimum Gasteiger partial charge on any atom is -0.483 e. The van der Waals surface area contributed by atoms with Crippen LogP contribution in [-0.2, 0) is 13.0 Å². The summed E-state index contributed by atoms with van der Waals surface area (Å²) in [5.74, 6) is 1.16. The number of fused-ring (bicyclic) bond motifs is 1. The summed E-state index contributed by atoms with van der Waals surface area (Å²) in [5.41, 5.74) is 3.55. The van der Waals surface area contributed by atoms with Gasteiger partial charge in [0.2, 0.25) is 0 Å². The summed E-state index contributed by atoms with van der Waals surface area (Å²) >= 11 is 7.22. The van der Waals surface area contributed by atoms with Crippen LogP contribution in [0.2, 0.25) is 4.34 Å². The maximum absolute atomic E-state index is 12.5. The molecular formula is C28H21ClN6O3S. The number of pyridine rings is 1. The van der Waals surface area contributed by atoms with Crippen LogP contribution in [-0.4, -0.2) is 35.3 Å². The molecule has 0 bridgehead atoms. The Morgan fingerprint density at radius 1 is 1.05 bits per heavy atom. The van der Waals surface area contributed by atoms with Gasteiger partial charge < -0.3 is 9.72 Å². The third-order valence-electron chi connectivity index (χ3n) is 6.09. The molecule has 0 saturated heterocycles. The maximum atomic E-state index is 12.5. The first-order chi connectivity index (χ1) is 19.0. The van der Waals surface area contributed by atoms with Crippen molar-refractivity contribution in [3.05, 3.63) is 116 Å². The van der Waals surface area contributed by atoms with E-state index in [4.69, 9.17) is 16.3 Å². The van der Waals surface area contributed by atoms with E-state index >= 15 is 0 Å². The highest BCUT2D eigenvalue weighted by Gasteiger charge is 2.15. The number of aromatic nitrogens is 6. The molecule has 0 atom stereocenters. The van der Waals surface area contributed by atoms with E-state index in [1.165, 1.54) is 22.0 Å². The van der Waals surface area contributed by atoms with Gasteiger partial charge in [0.1, 0.15) is 23.9 Å². The summed E-state index contributed by atoms with van der Waals surface area (Å²) in [6.45, 7) is 0.175. The number of H-pyrrole nitrogens is 1. The van der Waals surface area contributed by atoms with Crippen molar-refractivity contribution in [2.24, 2.45) is 0 Å². The zero-order valence-corrected chi connectivity index (χ0v) is 22.0. The highest BCUT2D eigenvalue weighted by Crippen LogP contribution is 2.27. The highest BCUT2D eigenvalue weighted by atomic mass is 35.5. The molecule has 194 valence electrons. The number of rotatable bonds is 9. The van der Waals surface area contributed by atoms with Crippen LogP contribution in [0.1, 0.15) is 27.6 Å². The smallest absolute Gasteiger partial charge is 0.255 e. The lowest BCUT2D eigenvalue weighted by Gasteiger charge is -2.13. The SMILES string of the molecule is O=C(CCc1cn(-c2ccc(-n3ccccc3=O)cc2OCc2nc3ccccc3[nH]2)nn1)c1ccc(Cl)s1. The molecule has 6 aromatic rings. The molecule has 0 radical (unpaired) electrons. The molecule has 0 saturated carbocycles. The first-order valence-electron chi connectivity index (χ1n) is 12.1. The van der Waals surface area contributed by atoms with Crippen LogP contribution in [0.5, 0.6) is 5.75 Å². The number of thiophene rings is 1. The second-order valence-electron chi connectivity index (χ2n) is 8.73. The van der Waals surface area contributed by atoms with Crippen LogP contribution in [0.4, 0.5) is 0 Å². The molecule has 9 nitrogen and oxygen atoms in total. The maximum Gasteiger partial charge on any atom is 0.255 e. The fraction of sp³-hybridized carbons (Fsp3) is 0.107. The second kappa shape index (κ2) is 10.7. The monoisotopic (exact) mass is 556 g/mol. The molecule has 0 amide bonds. The van der Waals surface area contributed by atoms with Crippen molar-refractivity contribution in [3.63, 3.8) is 0 Å². The van der Waals surface area contributed by atoms with E-state index in [1.807, 2.05) is 36.4 Å². The summed E-state index contributed by atoms with van der Waals surface area (Å²) in [7, 11) is 0. The van der Waals surface area contributed by atoms with Crippen molar-refractivity contribution in [1.29, 1.82) is 0 Å². The fourth-order valence-electron chi connectivity index (χ4n) is 4.18. The summed E-state index contributed by atoms with van der Waals surface area (Å²) in [5, 5.41) is 8.53. The van der Waals surface area contributed by atoms with Crippen molar-refractivity contribution in [2.75, 3.05) is 0 Å². The number of para-hydroxylation sites is 2. The fourth-order valence-corrected chi connectivity index (χ4v) is 5.19. The van der Waals surface area contributed by atoms with Crippen LogP contribution >= 0.6 is 22.9 Å². The van der Waals surface area contributed by atoms with Crippen molar-refractivity contribution >= 4 is 39.8 Å². The number of hydrogen-bond acceptors (Lipinski definition) is 7. The highest BCUT2D eigenvalue weighted by molar-refractivity contribution is 7.18. The first kappa shape index (κ1) is 24.8. The summed E-state index contributed by atoms with van der Waals surface area (Å²) in [6, 6.07) is 21.6. The standard InChI is InChI=1S/C28H21ClN6O3S/c29-26-13-12-25(39-26)23(36)11-8-18-16-35(33-32-18)22-10-9-19(34-14-4-3-7-28(34)37)15-24(22)38-17-27-30-20-5-1-2-6-21(20)31-27/h1-7,9-10,12-16H,8,11,17H2,(H,30,31). The molecule has 4 heterocycles. The lowest BCUT2D eigenvalue weighted by atomic mass is 10.1. The third kappa shape index (κ3) is 5.38. The van der Waals surface area contributed by atoms with Gasteiger partial charge in [-0.1, -0.05) is 35.0 Å². The van der Waals surface area contributed by atoms with Gasteiger partial charge in [-0.15, -0.1) is 16.4 Å². The molecular weight excluding hydrogens is 536 g/mol. The second-order valence-corrected chi connectivity index (χ2v) is 10.4. The largest absolute Gasteiger partial charge is 0.483 e. The molecule has 11 heteroatoms. The van der Waals surface area contributed by atoms with E-state index < -0.39 is 0 Å². The van der Waals surface area contributed by atoms with Crippen LogP contribution in [0, 0.1) is 0 Å². The van der Waals surface area contributed by atoms with Crippen molar-refractivity contribution in [1.82, 2.24) is 29.5 Å². The molecule has 0 aliphatic carbocycles. The number of Topliss-reactive ketones (excluding diaryl/α,β-unsaturated/α-hetero) is 1. The van der Waals surface area contributed by atoms with E-state index in [2.05, 4.69) is 20.3 Å². The topological polar surface area (TPSA) is 108 Å². The Morgan fingerprint density at radius 3 is 2.74 bits per heavy atom. The molecule has 0 unspecified atom stereocenters. The average molecular weight is 557 g/mol. The van der Waals surface area contributed by atoms with Crippen molar-refractivity contribution in [3.8, 4) is 17.1 Å². The number of hydrogen-bond donors (Lipinski definition) is 1. The average Bonchev–Trinajstić information content (AvgIpc) is 3.70. The minimum atomic E-state index is -0.159. The normalized spacial score (nSPS) is 11.2. The molecule has 4 aromatic heterocycles. The molecule has 0 fully saturated rings. The number of ketones is 1. The van der Waals surface area contributed by atoms with Gasteiger partial charge in [-0.25, -0.2) is 9.67 Å². The number of carbonyl (C=O) groups is 1. The Balaban J connectivity index is 1.27. The summed E-state index contributed by atoms with van der Waals surface area (Å²) < 4.78 is 9.94. The number of halogens is 1. The van der Waals surface area contributed by atoms with Gasteiger partial charge in [-0.05, 0) is 42.5 Å². The number of carbonyl (C=O) groups excluding carboxylic acids is 1. The van der Waals surface area contributed by atoms with Gasteiger partial charge in [-0.2, -0.15) is 0 Å². The predicted octanol–water partition coefficient (Wildman–Crippen LogP) is 5.40. The molecule has 6 rings (SSSR count). The Morgan fingerprint density at radius 2 is 1.92 bits per heavy atom. The Labute approximate surface area is 231 Å². The van der Waals surface area contributed by atoms with E-state index in [0.717, 1.165) is 11.0 Å². The van der Waals surface area contributed by atoms with Gasteiger partial charge >= 0.3 is 0 Å². The summed E-state index contributed by atoms with van der Waals surface area (Å²) in [6.07, 6.45) is 4.19. The van der Waals surface area contributed by atoms with Gasteiger partial charge in [0.05, 0.1) is 37.8 Å². The lowest BCUT2D eigenvalue weighted by Crippen LogP contribution is -2.16. The Kier molecular flexibility index (Phi) is 6.78. The van der Waals surface area contributed by atoms with Crippen LogP contribution in [0.15, 0.2) is 90.0 Å². The van der Waals surface area contributed by atoms with Crippen molar-refractivity contribution in [2.45, 2.75) is 19.4 Å². The lowest BCUT2D eigenvalue weighted by molar-refractivity contribution is 0.0986. The van der Waals surface area contributed by atoms with E-state index in [1.54, 1.807) is 47.4 Å². The Hall–Kier alpha value is -4.54.